The van der Waals surface area contributed by atoms with E-state index in [1.807, 2.05) is 29.8 Å². The minimum absolute atomic E-state index is 0.0235. The average molecular weight is 349 g/mol. The number of morpholine rings is 1. The number of thioether (sulfide) groups is 1. The van der Waals surface area contributed by atoms with Crippen LogP contribution in [0.4, 0.5) is 0 Å². The number of carbonyl (C=O) groups excluding carboxylic acids is 1. The predicted molar refractivity (Wildman–Crippen MR) is 99.2 cm³/mol. The van der Waals surface area contributed by atoms with Crippen LogP contribution < -0.4 is 0 Å². The smallest absolute Gasteiger partial charge is 0.225 e. The zero-order chi connectivity index (χ0) is 16.8. The van der Waals surface area contributed by atoms with Crippen molar-refractivity contribution in [2.24, 2.45) is 0 Å². The Kier molecular flexibility index (Phi) is 6.58. The van der Waals surface area contributed by atoms with E-state index in [1.54, 1.807) is 0 Å². The lowest BCUT2D eigenvalue weighted by molar-refractivity contribution is -0.137. The fraction of sp³-hybridized carbons (Fsp3) is 0.632. The standard InChI is InChI=1S/C19H28N2O2S/c1-20(17-7-11-24-12-8-17)19(22)13-18-15-21(9-10-23-18)14-16-5-3-2-4-6-16/h2-6,17-18H,7-15H2,1H3/t18-/m1/s1. The van der Waals surface area contributed by atoms with Gasteiger partial charge in [0.25, 0.3) is 0 Å². The Bertz CT molecular complexity index is 519. The van der Waals surface area contributed by atoms with Gasteiger partial charge in [-0.3, -0.25) is 9.69 Å². The summed E-state index contributed by atoms with van der Waals surface area (Å²) in [5, 5.41) is 0. The second-order valence-electron chi connectivity index (χ2n) is 6.77. The molecule has 1 aromatic carbocycles. The highest BCUT2D eigenvalue weighted by Crippen LogP contribution is 2.22. The van der Waals surface area contributed by atoms with Crippen LogP contribution in [0.3, 0.4) is 0 Å². The molecule has 2 heterocycles. The van der Waals surface area contributed by atoms with Crippen molar-refractivity contribution in [2.45, 2.75) is 38.0 Å². The molecule has 24 heavy (non-hydrogen) atoms. The average Bonchev–Trinajstić information content (AvgIpc) is 2.63. The summed E-state index contributed by atoms with van der Waals surface area (Å²) in [6.07, 6.45) is 2.78. The van der Waals surface area contributed by atoms with Gasteiger partial charge in [0.1, 0.15) is 0 Å². The Morgan fingerprint density at radius 3 is 2.79 bits per heavy atom. The van der Waals surface area contributed by atoms with Crippen molar-refractivity contribution in [1.29, 1.82) is 0 Å². The molecule has 2 fully saturated rings. The minimum Gasteiger partial charge on any atom is -0.375 e. The van der Waals surface area contributed by atoms with Crippen LogP contribution in [0.1, 0.15) is 24.8 Å². The molecule has 1 amide bonds. The largest absolute Gasteiger partial charge is 0.375 e. The molecule has 2 saturated heterocycles. The van der Waals surface area contributed by atoms with Gasteiger partial charge in [-0.2, -0.15) is 11.8 Å². The summed E-state index contributed by atoms with van der Waals surface area (Å²) in [7, 11) is 1.97. The van der Waals surface area contributed by atoms with Crippen LogP contribution in [0.25, 0.3) is 0 Å². The Labute approximate surface area is 149 Å². The number of benzene rings is 1. The van der Waals surface area contributed by atoms with Gasteiger partial charge in [0.15, 0.2) is 0 Å². The lowest BCUT2D eigenvalue weighted by atomic mass is 10.1. The van der Waals surface area contributed by atoms with Crippen LogP contribution in [-0.2, 0) is 16.1 Å². The number of carbonyl (C=O) groups is 1. The lowest BCUT2D eigenvalue weighted by Crippen LogP contribution is -2.46. The number of hydrogen-bond donors (Lipinski definition) is 0. The molecule has 0 aromatic heterocycles. The van der Waals surface area contributed by atoms with E-state index >= 15 is 0 Å². The van der Waals surface area contributed by atoms with Crippen LogP contribution >= 0.6 is 11.8 Å². The van der Waals surface area contributed by atoms with Crippen molar-refractivity contribution >= 4 is 17.7 Å². The molecule has 0 spiro atoms. The fourth-order valence-corrected chi connectivity index (χ4v) is 4.59. The molecular formula is C19H28N2O2S. The zero-order valence-electron chi connectivity index (χ0n) is 14.5. The summed E-state index contributed by atoms with van der Waals surface area (Å²) in [5.74, 6) is 2.58. The monoisotopic (exact) mass is 348 g/mol. The van der Waals surface area contributed by atoms with E-state index in [0.717, 1.165) is 32.5 Å². The van der Waals surface area contributed by atoms with E-state index in [2.05, 4.69) is 29.2 Å². The third-order valence-corrected chi connectivity index (χ3v) is 6.05. The molecular weight excluding hydrogens is 320 g/mol. The predicted octanol–water partition coefficient (Wildman–Crippen LogP) is 2.63. The van der Waals surface area contributed by atoms with Crippen LogP contribution in [0.2, 0.25) is 0 Å². The highest BCUT2D eigenvalue weighted by molar-refractivity contribution is 7.99. The molecule has 1 aromatic rings. The Morgan fingerprint density at radius 2 is 2.04 bits per heavy atom. The molecule has 2 aliphatic rings. The Hall–Kier alpha value is -1.04. The molecule has 1 atom stereocenters. The molecule has 4 nitrogen and oxygen atoms in total. The normalized spacial score (nSPS) is 23.1. The summed E-state index contributed by atoms with van der Waals surface area (Å²) >= 11 is 2.00. The summed E-state index contributed by atoms with van der Waals surface area (Å²) in [6, 6.07) is 10.9. The number of ether oxygens (including phenoxy) is 1. The first-order chi connectivity index (χ1) is 11.7. The van der Waals surface area contributed by atoms with E-state index < -0.39 is 0 Å². The molecule has 0 radical (unpaired) electrons. The molecule has 0 saturated carbocycles. The molecule has 0 unspecified atom stereocenters. The lowest BCUT2D eigenvalue weighted by Gasteiger charge is -2.35. The van der Waals surface area contributed by atoms with Gasteiger partial charge >= 0.3 is 0 Å². The van der Waals surface area contributed by atoms with Crippen molar-refractivity contribution in [3.05, 3.63) is 35.9 Å². The summed E-state index contributed by atoms with van der Waals surface area (Å²) in [5.41, 5.74) is 1.32. The van der Waals surface area contributed by atoms with Crippen molar-refractivity contribution in [3.63, 3.8) is 0 Å². The van der Waals surface area contributed by atoms with Crippen LogP contribution in [0.5, 0.6) is 0 Å². The second kappa shape index (κ2) is 8.88. The molecule has 2 aliphatic heterocycles. The molecule has 0 aliphatic carbocycles. The van der Waals surface area contributed by atoms with Crippen LogP contribution in [0, 0.1) is 0 Å². The van der Waals surface area contributed by atoms with Gasteiger partial charge in [-0.05, 0) is 29.9 Å². The maximum atomic E-state index is 12.6. The van der Waals surface area contributed by atoms with Gasteiger partial charge in [0.05, 0.1) is 19.1 Å². The number of nitrogens with zero attached hydrogens (tertiary/aromatic N) is 2. The molecule has 3 rings (SSSR count). The second-order valence-corrected chi connectivity index (χ2v) is 7.99. The first-order valence-electron chi connectivity index (χ1n) is 8.93. The third kappa shape index (κ3) is 4.98. The Morgan fingerprint density at radius 1 is 1.29 bits per heavy atom. The fourth-order valence-electron chi connectivity index (χ4n) is 3.50. The summed E-state index contributed by atoms with van der Waals surface area (Å²) in [4.78, 5) is 17.0. The Balaban J connectivity index is 1.48. The van der Waals surface area contributed by atoms with Gasteiger partial charge in [-0.25, -0.2) is 0 Å². The highest BCUT2D eigenvalue weighted by Gasteiger charge is 2.27. The molecule has 5 heteroatoms. The van der Waals surface area contributed by atoms with Gasteiger partial charge < -0.3 is 9.64 Å². The number of amides is 1. The first-order valence-corrected chi connectivity index (χ1v) is 10.1. The zero-order valence-corrected chi connectivity index (χ0v) is 15.3. The number of rotatable bonds is 5. The molecule has 0 bridgehead atoms. The van der Waals surface area contributed by atoms with E-state index in [1.165, 1.54) is 17.1 Å². The van der Waals surface area contributed by atoms with Crippen molar-refractivity contribution in [3.8, 4) is 0 Å². The van der Waals surface area contributed by atoms with Gasteiger partial charge in [0, 0.05) is 32.7 Å². The van der Waals surface area contributed by atoms with E-state index in [-0.39, 0.29) is 12.0 Å². The minimum atomic E-state index is 0.0235. The molecule has 0 N–H and O–H groups in total. The maximum Gasteiger partial charge on any atom is 0.225 e. The van der Waals surface area contributed by atoms with Crippen LogP contribution in [0.15, 0.2) is 30.3 Å². The summed E-state index contributed by atoms with van der Waals surface area (Å²) in [6.45, 7) is 3.43. The van der Waals surface area contributed by atoms with E-state index in [9.17, 15) is 4.79 Å². The van der Waals surface area contributed by atoms with E-state index in [4.69, 9.17) is 4.74 Å². The van der Waals surface area contributed by atoms with Crippen molar-refractivity contribution < 1.29 is 9.53 Å². The maximum absolute atomic E-state index is 12.6. The van der Waals surface area contributed by atoms with Gasteiger partial charge in [-0.15, -0.1) is 0 Å². The quantitative estimate of drug-likeness (QED) is 0.819. The van der Waals surface area contributed by atoms with Crippen molar-refractivity contribution in [1.82, 2.24) is 9.80 Å². The van der Waals surface area contributed by atoms with E-state index in [0.29, 0.717) is 19.1 Å². The van der Waals surface area contributed by atoms with Gasteiger partial charge in [-0.1, -0.05) is 30.3 Å². The number of hydrogen-bond acceptors (Lipinski definition) is 4. The molecule has 132 valence electrons. The third-order valence-electron chi connectivity index (χ3n) is 5.01. The van der Waals surface area contributed by atoms with Gasteiger partial charge in [0.2, 0.25) is 5.91 Å². The SMILES string of the molecule is CN(C(=O)C[C@@H]1CN(Cc2ccccc2)CCO1)C1CCSCC1. The topological polar surface area (TPSA) is 32.8 Å². The van der Waals surface area contributed by atoms with Crippen molar-refractivity contribution in [2.75, 3.05) is 38.2 Å². The summed E-state index contributed by atoms with van der Waals surface area (Å²) < 4.78 is 5.86. The van der Waals surface area contributed by atoms with Crippen LogP contribution in [-0.4, -0.2) is 66.1 Å². The highest BCUT2D eigenvalue weighted by atomic mass is 32.2. The first kappa shape index (κ1) is 17.8.